The van der Waals surface area contributed by atoms with E-state index in [4.69, 9.17) is 0 Å². The van der Waals surface area contributed by atoms with Gasteiger partial charge in [0.25, 0.3) is 0 Å². The molecule has 2 aromatic rings. The molecule has 0 N–H and O–H groups in total. The fourth-order valence-corrected chi connectivity index (χ4v) is 2.95. The van der Waals surface area contributed by atoms with Gasteiger partial charge in [0.15, 0.2) is 0 Å². The number of amides is 2. The van der Waals surface area contributed by atoms with Crippen molar-refractivity contribution in [3.63, 3.8) is 0 Å². The van der Waals surface area contributed by atoms with Crippen LogP contribution >= 0.6 is 0 Å². The summed E-state index contributed by atoms with van der Waals surface area (Å²) < 4.78 is 0. The number of anilines is 2. The fourth-order valence-electron chi connectivity index (χ4n) is 2.95. The van der Waals surface area contributed by atoms with Gasteiger partial charge in [-0.2, -0.15) is 0 Å². The quantitative estimate of drug-likeness (QED) is 0.816. The number of nitrogens with zero attached hydrogens (tertiary/aromatic N) is 2. The Balaban J connectivity index is 1.79. The molecule has 2 aromatic carbocycles. The number of rotatable bonds is 4. The van der Waals surface area contributed by atoms with Crippen LogP contribution in [0.2, 0.25) is 0 Å². The van der Waals surface area contributed by atoms with E-state index in [2.05, 4.69) is 6.07 Å². The van der Waals surface area contributed by atoms with Crippen molar-refractivity contribution in [2.24, 2.45) is 5.92 Å². The molecule has 0 aromatic heterocycles. The van der Waals surface area contributed by atoms with E-state index < -0.39 is 0 Å². The topological polar surface area (TPSA) is 40.6 Å². The molecular formula is C19H20N2O2. The van der Waals surface area contributed by atoms with E-state index in [1.165, 1.54) is 4.90 Å². The van der Waals surface area contributed by atoms with Crippen LogP contribution in [-0.4, -0.2) is 25.9 Å². The number of hydrogen-bond acceptors (Lipinski definition) is 3. The standard InChI is InChI=1S/C19H20N2O2/c1-20(2)17-10-6-7-14(12-17)11-15-13-18(22)21(19(15)23)16-8-4-3-5-9-16/h3-10,12,15H,11,13H2,1-2H3. The number of carbonyl (C=O) groups is 2. The highest BCUT2D eigenvalue weighted by atomic mass is 16.2. The third-order valence-corrected chi connectivity index (χ3v) is 4.16. The van der Waals surface area contributed by atoms with Gasteiger partial charge in [-0.1, -0.05) is 30.3 Å². The molecule has 1 aliphatic heterocycles. The van der Waals surface area contributed by atoms with E-state index in [0.29, 0.717) is 12.1 Å². The first-order valence-electron chi connectivity index (χ1n) is 7.74. The number of carbonyl (C=O) groups excluding carboxylic acids is 2. The molecule has 4 nitrogen and oxygen atoms in total. The minimum absolute atomic E-state index is 0.101. The second-order valence-electron chi connectivity index (χ2n) is 6.07. The van der Waals surface area contributed by atoms with Gasteiger partial charge in [0.05, 0.1) is 11.6 Å². The van der Waals surface area contributed by atoms with Crippen molar-refractivity contribution < 1.29 is 9.59 Å². The van der Waals surface area contributed by atoms with Crippen LogP contribution in [-0.2, 0) is 16.0 Å². The fraction of sp³-hybridized carbons (Fsp3) is 0.263. The molecular weight excluding hydrogens is 288 g/mol. The van der Waals surface area contributed by atoms with E-state index in [-0.39, 0.29) is 24.2 Å². The minimum atomic E-state index is -0.278. The average molecular weight is 308 g/mol. The third-order valence-electron chi connectivity index (χ3n) is 4.16. The van der Waals surface area contributed by atoms with Crippen molar-refractivity contribution in [3.05, 3.63) is 60.2 Å². The summed E-state index contributed by atoms with van der Waals surface area (Å²) in [4.78, 5) is 28.2. The zero-order valence-electron chi connectivity index (χ0n) is 13.4. The van der Waals surface area contributed by atoms with Gasteiger partial charge in [-0.05, 0) is 36.2 Å². The molecule has 0 bridgehead atoms. The molecule has 4 heteroatoms. The lowest BCUT2D eigenvalue weighted by molar-refractivity contribution is -0.122. The maximum absolute atomic E-state index is 12.6. The van der Waals surface area contributed by atoms with E-state index >= 15 is 0 Å². The van der Waals surface area contributed by atoms with Crippen molar-refractivity contribution in [2.45, 2.75) is 12.8 Å². The molecule has 2 amide bonds. The van der Waals surface area contributed by atoms with Crippen LogP contribution in [0.5, 0.6) is 0 Å². The molecule has 1 unspecified atom stereocenters. The third kappa shape index (κ3) is 3.11. The highest BCUT2D eigenvalue weighted by Gasteiger charge is 2.39. The summed E-state index contributed by atoms with van der Waals surface area (Å²) >= 11 is 0. The molecule has 0 spiro atoms. The van der Waals surface area contributed by atoms with Gasteiger partial charge >= 0.3 is 0 Å². The number of para-hydroxylation sites is 1. The van der Waals surface area contributed by atoms with Crippen LogP contribution in [0.1, 0.15) is 12.0 Å². The molecule has 1 atom stereocenters. The molecule has 23 heavy (non-hydrogen) atoms. The molecule has 118 valence electrons. The first-order chi connectivity index (χ1) is 11.1. The Bertz CT molecular complexity index is 725. The smallest absolute Gasteiger partial charge is 0.237 e. The molecule has 1 fully saturated rings. The SMILES string of the molecule is CN(C)c1cccc(CC2CC(=O)N(c3ccccc3)C2=O)c1. The Morgan fingerprint density at radius 3 is 2.48 bits per heavy atom. The van der Waals surface area contributed by atoms with Gasteiger partial charge in [0.2, 0.25) is 11.8 Å². The first kappa shape index (κ1) is 15.3. The number of imide groups is 1. The van der Waals surface area contributed by atoms with Crippen molar-refractivity contribution >= 4 is 23.2 Å². The van der Waals surface area contributed by atoms with Crippen LogP contribution in [0.25, 0.3) is 0 Å². The summed E-state index contributed by atoms with van der Waals surface area (Å²) in [5.74, 6) is -0.494. The molecule has 0 aliphatic carbocycles. The van der Waals surface area contributed by atoms with E-state index in [1.807, 2.05) is 55.4 Å². The van der Waals surface area contributed by atoms with Gasteiger partial charge in [0.1, 0.15) is 0 Å². The maximum Gasteiger partial charge on any atom is 0.237 e. The van der Waals surface area contributed by atoms with Gasteiger partial charge in [0, 0.05) is 26.2 Å². The van der Waals surface area contributed by atoms with E-state index in [9.17, 15) is 9.59 Å². The molecule has 0 saturated carbocycles. The van der Waals surface area contributed by atoms with Crippen molar-refractivity contribution in [1.82, 2.24) is 0 Å². The Morgan fingerprint density at radius 2 is 1.78 bits per heavy atom. The maximum atomic E-state index is 12.6. The zero-order valence-corrected chi connectivity index (χ0v) is 13.4. The largest absolute Gasteiger partial charge is 0.378 e. The Morgan fingerprint density at radius 1 is 1.04 bits per heavy atom. The predicted octanol–water partition coefficient (Wildman–Crippen LogP) is 2.87. The van der Waals surface area contributed by atoms with Crippen LogP contribution in [0.15, 0.2) is 54.6 Å². The van der Waals surface area contributed by atoms with Crippen molar-refractivity contribution in [2.75, 3.05) is 23.9 Å². The first-order valence-corrected chi connectivity index (χ1v) is 7.74. The van der Waals surface area contributed by atoms with Crippen LogP contribution < -0.4 is 9.80 Å². The molecule has 1 saturated heterocycles. The van der Waals surface area contributed by atoms with Gasteiger partial charge < -0.3 is 4.90 Å². The van der Waals surface area contributed by atoms with Crippen LogP contribution in [0, 0.1) is 5.92 Å². The lowest BCUT2D eigenvalue weighted by Gasteiger charge is -2.16. The monoisotopic (exact) mass is 308 g/mol. The molecule has 3 rings (SSSR count). The minimum Gasteiger partial charge on any atom is -0.378 e. The summed E-state index contributed by atoms with van der Waals surface area (Å²) in [7, 11) is 3.97. The Kier molecular flexibility index (Phi) is 4.15. The molecule has 1 heterocycles. The number of benzene rings is 2. The molecule has 1 aliphatic rings. The average Bonchev–Trinajstić information content (AvgIpc) is 2.82. The highest BCUT2D eigenvalue weighted by Crippen LogP contribution is 2.29. The lowest BCUT2D eigenvalue weighted by Crippen LogP contribution is -2.30. The summed E-state index contributed by atoms with van der Waals surface area (Å²) in [6, 6.07) is 17.2. The molecule has 0 radical (unpaired) electrons. The lowest BCUT2D eigenvalue weighted by atomic mass is 9.97. The zero-order chi connectivity index (χ0) is 16.4. The normalized spacial score (nSPS) is 17.7. The highest BCUT2D eigenvalue weighted by molar-refractivity contribution is 6.20. The van der Waals surface area contributed by atoms with Crippen molar-refractivity contribution in [1.29, 1.82) is 0 Å². The van der Waals surface area contributed by atoms with Crippen molar-refractivity contribution in [3.8, 4) is 0 Å². The number of hydrogen-bond donors (Lipinski definition) is 0. The van der Waals surface area contributed by atoms with Gasteiger partial charge in [-0.15, -0.1) is 0 Å². The Labute approximate surface area is 136 Å². The van der Waals surface area contributed by atoms with Crippen LogP contribution in [0.3, 0.4) is 0 Å². The predicted molar refractivity (Wildman–Crippen MR) is 91.5 cm³/mol. The Hall–Kier alpha value is -2.62. The summed E-state index contributed by atoms with van der Waals surface area (Å²) in [5.41, 5.74) is 2.84. The van der Waals surface area contributed by atoms with Gasteiger partial charge in [-0.25, -0.2) is 0 Å². The van der Waals surface area contributed by atoms with Crippen LogP contribution in [0.4, 0.5) is 11.4 Å². The van der Waals surface area contributed by atoms with E-state index in [0.717, 1.165) is 11.3 Å². The van der Waals surface area contributed by atoms with Gasteiger partial charge in [-0.3, -0.25) is 14.5 Å². The second kappa shape index (κ2) is 6.24. The summed E-state index contributed by atoms with van der Waals surface area (Å²) in [5, 5.41) is 0. The second-order valence-corrected chi connectivity index (χ2v) is 6.07. The summed E-state index contributed by atoms with van der Waals surface area (Å²) in [6.45, 7) is 0. The summed E-state index contributed by atoms with van der Waals surface area (Å²) in [6.07, 6.45) is 0.871. The van der Waals surface area contributed by atoms with E-state index in [1.54, 1.807) is 12.1 Å².